The van der Waals surface area contributed by atoms with Gasteiger partial charge in [0.05, 0.1) is 0 Å². The van der Waals surface area contributed by atoms with Crippen LogP contribution in [-0.4, -0.2) is 60.8 Å². The summed E-state index contributed by atoms with van der Waals surface area (Å²) in [5.74, 6) is 0.740. The van der Waals surface area contributed by atoms with E-state index in [4.69, 9.17) is 0 Å². The Bertz CT molecular complexity index is 1290. The van der Waals surface area contributed by atoms with Gasteiger partial charge >= 0.3 is 0 Å². The molecular formula is C32H41N3O2. The molecule has 0 amide bonds. The number of phenols is 2. The second-order valence-corrected chi connectivity index (χ2v) is 11.0. The van der Waals surface area contributed by atoms with Crippen molar-refractivity contribution in [2.24, 2.45) is 0 Å². The number of aryl methyl sites for hydroxylation is 1. The van der Waals surface area contributed by atoms with E-state index >= 15 is 0 Å². The maximum absolute atomic E-state index is 11.2. The third-order valence-corrected chi connectivity index (χ3v) is 8.54. The summed E-state index contributed by atoms with van der Waals surface area (Å²) < 4.78 is 0. The molecule has 1 spiro atoms. The number of fused-ring (bicyclic) bond motifs is 6. The molecule has 0 radical (unpaired) electrons. The largest absolute Gasteiger partial charge is 0.508 e. The summed E-state index contributed by atoms with van der Waals surface area (Å²) in [7, 11) is 6.22. The fourth-order valence-corrected chi connectivity index (χ4v) is 6.79. The van der Waals surface area contributed by atoms with Crippen molar-refractivity contribution in [1.82, 2.24) is 15.1 Å². The van der Waals surface area contributed by atoms with Crippen LogP contribution in [0.25, 0.3) is 0 Å². The third kappa shape index (κ3) is 4.43. The van der Waals surface area contributed by atoms with Gasteiger partial charge in [-0.1, -0.05) is 43.3 Å². The predicted molar refractivity (Wildman–Crippen MR) is 151 cm³/mol. The molecule has 5 rings (SSSR count). The van der Waals surface area contributed by atoms with Crippen molar-refractivity contribution in [1.29, 1.82) is 0 Å². The summed E-state index contributed by atoms with van der Waals surface area (Å²) in [6.45, 7) is 6.37. The molecule has 0 heterocycles. The fourth-order valence-electron chi connectivity index (χ4n) is 6.79. The smallest absolute Gasteiger partial charge is 0.120 e. The summed E-state index contributed by atoms with van der Waals surface area (Å²) in [6, 6.07) is 17.0. The monoisotopic (exact) mass is 499 g/mol. The molecule has 196 valence electrons. The zero-order valence-electron chi connectivity index (χ0n) is 22.8. The number of phenolic OH excluding ortho intramolecular Hbond substituents is 2. The van der Waals surface area contributed by atoms with Crippen LogP contribution >= 0.6 is 0 Å². The molecule has 3 aromatic rings. The first-order valence-corrected chi connectivity index (χ1v) is 13.7. The van der Waals surface area contributed by atoms with Gasteiger partial charge in [-0.05, 0) is 98.9 Å². The Labute approximate surface area is 221 Å². The quantitative estimate of drug-likeness (QED) is 0.396. The minimum absolute atomic E-state index is 0.267. The van der Waals surface area contributed by atoms with Crippen LogP contribution in [0, 0.1) is 0 Å². The van der Waals surface area contributed by atoms with E-state index in [1.807, 2.05) is 19.2 Å². The van der Waals surface area contributed by atoms with Crippen molar-refractivity contribution in [3.05, 3.63) is 93.0 Å². The highest BCUT2D eigenvalue weighted by Gasteiger charge is 2.47. The zero-order chi connectivity index (χ0) is 26.2. The van der Waals surface area contributed by atoms with Crippen molar-refractivity contribution in [2.75, 3.05) is 40.8 Å². The van der Waals surface area contributed by atoms with Gasteiger partial charge in [0.15, 0.2) is 0 Å². The minimum atomic E-state index is -0.267. The molecule has 0 aliphatic heterocycles. The number of likely N-dealkylation sites (N-methyl/N-ethyl adjacent to an activating group) is 2. The fraction of sp³-hybridized carbons (Fsp3) is 0.438. The molecule has 1 unspecified atom stereocenters. The number of nitrogens with zero attached hydrogens (tertiary/aromatic N) is 2. The highest BCUT2D eigenvalue weighted by molar-refractivity contribution is 5.68. The Morgan fingerprint density at radius 2 is 1.41 bits per heavy atom. The van der Waals surface area contributed by atoms with E-state index in [-0.39, 0.29) is 5.41 Å². The molecule has 37 heavy (non-hydrogen) atoms. The van der Waals surface area contributed by atoms with Gasteiger partial charge in [-0.2, -0.15) is 0 Å². The number of benzene rings is 3. The van der Waals surface area contributed by atoms with E-state index in [0.717, 1.165) is 56.4 Å². The van der Waals surface area contributed by atoms with E-state index in [1.54, 1.807) is 0 Å². The Kier molecular flexibility index (Phi) is 7.30. The number of aromatic hydroxyl groups is 2. The van der Waals surface area contributed by atoms with Crippen LogP contribution in [0.1, 0.15) is 64.3 Å². The van der Waals surface area contributed by atoms with Crippen molar-refractivity contribution >= 4 is 0 Å². The second kappa shape index (κ2) is 10.5. The summed E-state index contributed by atoms with van der Waals surface area (Å²) in [6.07, 6.45) is 3.83. The highest BCUT2D eigenvalue weighted by Crippen LogP contribution is 2.56. The highest BCUT2D eigenvalue weighted by atomic mass is 16.3. The molecule has 0 fully saturated rings. The maximum atomic E-state index is 11.2. The van der Waals surface area contributed by atoms with Crippen LogP contribution < -0.4 is 5.32 Å². The lowest BCUT2D eigenvalue weighted by atomic mass is 9.62. The topological polar surface area (TPSA) is 59.0 Å². The first kappa shape index (κ1) is 25.8. The van der Waals surface area contributed by atoms with Crippen LogP contribution in [0.4, 0.5) is 0 Å². The molecule has 3 aromatic carbocycles. The second-order valence-electron chi connectivity index (χ2n) is 11.0. The molecule has 0 aromatic heterocycles. The Morgan fingerprint density at radius 1 is 0.811 bits per heavy atom. The van der Waals surface area contributed by atoms with Crippen molar-refractivity contribution < 1.29 is 10.2 Å². The first-order chi connectivity index (χ1) is 17.9. The van der Waals surface area contributed by atoms with Gasteiger partial charge in [-0.3, -0.25) is 0 Å². The number of hydrogen-bond donors (Lipinski definition) is 3. The van der Waals surface area contributed by atoms with E-state index in [2.05, 4.69) is 72.5 Å². The molecule has 2 aliphatic carbocycles. The molecule has 2 aliphatic rings. The summed E-state index contributed by atoms with van der Waals surface area (Å²) in [4.78, 5) is 4.57. The molecular weight excluding hydrogens is 458 g/mol. The predicted octanol–water partition coefficient (Wildman–Crippen LogP) is 4.78. The van der Waals surface area contributed by atoms with Gasteiger partial charge in [0.2, 0.25) is 0 Å². The standard InChI is InChI=1S/C32H41N3O2/c1-5-17-34(3)20-25-23-19-24-26(21-35(4)18-16-33-2)31(37)13-11-29(24)32(28(23)10-12-30(25)36)15-14-22-8-6-7-9-27(22)32/h6-13,33,36-37H,5,14-21H2,1-4H3. The van der Waals surface area contributed by atoms with Crippen molar-refractivity contribution in [2.45, 2.75) is 51.1 Å². The van der Waals surface area contributed by atoms with Crippen LogP contribution in [0.15, 0.2) is 48.5 Å². The van der Waals surface area contributed by atoms with Crippen LogP contribution in [0.3, 0.4) is 0 Å². The van der Waals surface area contributed by atoms with E-state index in [9.17, 15) is 10.2 Å². The molecule has 0 saturated carbocycles. The zero-order valence-corrected chi connectivity index (χ0v) is 22.8. The SMILES string of the molecule is CCCN(C)Cc1c(O)ccc2c1Cc1c(ccc(O)c1CN(C)CCNC)C21CCc2ccccc21. The lowest BCUT2D eigenvalue weighted by Crippen LogP contribution is -2.35. The van der Waals surface area contributed by atoms with Crippen LogP contribution in [-0.2, 0) is 31.3 Å². The number of rotatable bonds is 9. The van der Waals surface area contributed by atoms with E-state index in [0.29, 0.717) is 24.6 Å². The molecule has 0 saturated heterocycles. The lowest BCUT2D eigenvalue weighted by Gasteiger charge is -2.41. The Hall–Kier alpha value is -2.86. The molecule has 1 atom stereocenters. The summed E-state index contributed by atoms with van der Waals surface area (Å²) >= 11 is 0. The van der Waals surface area contributed by atoms with Crippen LogP contribution in [0.2, 0.25) is 0 Å². The first-order valence-electron chi connectivity index (χ1n) is 13.7. The van der Waals surface area contributed by atoms with Gasteiger partial charge in [-0.25, -0.2) is 0 Å². The van der Waals surface area contributed by atoms with Gasteiger partial charge in [0.1, 0.15) is 11.5 Å². The van der Waals surface area contributed by atoms with Crippen molar-refractivity contribution in [3.63, 3.8) is 0 Å². The van der Waals surface area contributed by atoms with E-state index < -0.39 is 0 Å². The molecule has 5 heteroatoms. The Balaban J connectivity index is 1.73. The average molecular weight is 500 g/mol. The van der Waals surface area contributed by atoms with Crippen molar-refractivity contribution in [3.8, 4) is 11.5 Å². The van der Waals surface area contributed by atoms with Gasteiger partial charge in [0, 0.05) is 42.7 Å². The van der Waals surface area contributed by atoms with Crippen LogP contribution in [0.5, 0.6) is 11.5 Å². The Morgan fingerprint density at radius 3 is 2.00 bits per heavy atom. The normalized spacial score (nSPS) is 17.9. The summed E-state index contributed by atoms with van der Waals surface area (Å²) in [5.41, 5.74) is 9.65. The minimum Gasteiger partial charge on any atom is -0.508 e. The molecule has 5 nitrogen and oxygen atoms in total. The average Bonchev–Trinajstić information content (AvgIpc) is 3.26. The van der Waals surface area contributed by atoms with Gasteiger partial charge in [0.25, 0.3) is 0 Å². The van der Waals surface area contributed by atoms with E-state index in [1.165, 1.54) is 33.4 Å². The van der Waals surface area contributed by atoms with Gasteiger partial charge < -0.3 is 25.3 Å². The maximum Gasteiger partial charge on any atom is 0.120 e. The third-order valence-electron chi connectivity index (χ3n) is 8.54. The number of nitrogens with one attached hydrogen (secondary N) is 1. The van der Waals surface area contributed by atoms with Gasteiger partial charge in [-0.15, -0.1) is 0 Å². The summed E-state index contributed by atoms with van der Waals surface area (Å²) in [5, 5.41) is 25.5. The lowest BCUT2D eigenvalue weighted by molar-refractivity contribution is 0.317. The molecule has 3 N–H and O–H groups in total. The number of hydrogen-bond acceptors (Lipinski definition) is 5. The molecule has 0 bridgehead atoms.